The summed E-state index contributed by atoms with van der Waals surface area (Å²) in [5, 5.41) is 21.2. The molecule has 2 rings (SSSR count). The molecule has 15 heteroatoms. The molecule has 0 radical (unpaired) electrons. The van der Waals surface area contributed by atoms with Gasteiger partial charge in [-0.15, -0.1) is 20.4 Å². The molecule has 2 aromatic rings. The zero-order valence-corrected chi connectivity index (χ0v) is 28.9. The van der Waals surface area contributed by atoms with Gasteiger partial charge in [0.25, 0.3) is 0 Å². The molecule has 15 nitrogen and oxygen atoms in total. The van der Waals surface area contributed by atoms with Gasteiger partial charge in [0, 0.05) is 36.2 Å². The first kappa shape index (κ1) is 39.3. The molecule has 0 bridgehead atoms. The quantitative estimate of drug-likeness (QED) is 0.0672. The number of nitrogens with zero attached hydrogens (tertiary/aromatic N) is 5. The summed E-state index contributed by atoms with van der Waals surface area (Å²) in [6.45, 7) is 12.9. The summed E-state index contributed by atoms with van der Waals surface area (Å²) in [5.74, 6) is 0.551. The van der Waals surface area contributed by atoms with E-state index in [0.717, 1.165) is 11.1 Å². The summed E-state index contributed by atoms with van der Waals surface area (Å²) in [5.41, 5.74) is 31.0. The molecule has 0 saturated heterocycles. The smallest absolute Gasteiger partial charge is 0.234 e. The first-order chi connectivity index (χ1) is 22.5. The van der Waals surface area contributed by atoms with Crippen molar-refractivity contribution in [2.24, 2.45) is 54.5 Å². The van der Waals surface area contributed by atoms with Crippen LogP contribution >= 0.6 is 0 Å². The molecule has 2 amide bonds. The minimum absolute atomic E-state index is 0.0211. The Hall–Kier alpha value is -4.86. The maximum absolute atomic E-state index is 13.1. The van der Waals surface area contributed by atoms with Crippen LogP contribution in [0.1, 0.15) is 63.8 Å². The summed E-state index contributed by atoms with van der Waals surface area (Å²) in [6.07, 6.45) is 0. The van der Waals surface area contributed by atoms with Crippen molar-refractivity contribution >= 4 is 35.2 Å². The van der Waals surface area contributed by atoms with Gasteiger partial charge >= 0.3 is 0 Å². The molecular weight excluding hydrogens is 612 g/mol. The Morgan fingerprint density at radius 2 is 1.10 bits per heavy atom. The molecule has 0 spiro atoms. The van der Waals surface area contributed by atoms with E-state index in [1.165, 1.54) is 0 Å². The lowest BCUT2D eigenvalue weighted by molar-refractivity contribution is -0.128. The predicted octanol–water partition coefficient (Wildman–Crippen LogP) is 0.696. The Kier molecular flexibility index (Phi) is 15.1. The molecule has 262 valence electrons. The van der Waals surface area contributed by atoms with Crippen molar-refractivity contribution in [1.29, 1.82) is 0 Å². The third-order valence-electron chi connectivity index (χ3n) is 6.85. The van der Waals surface area contributed by atoms with Crippen molar-refractivity contribution in [1.82, 2.24) is 15.5 Å². The minimum Gasteiger partial charge on any atom is -0.386 e. The summed E-state index contributed by atoms with van der Waals surface area (Å²) in [7, 11) is 0. The van der Waals surface area contributed by atoms with E-state index in [0.29, 0.717) is 42.5 Å². The molecule has 0 aliphatic carbocycles. The van der Waals surface area contributed by atoms with Crippen LogP contribution in [-0.4, -0.2) is 78.4 Å². The summed E-state index contributed by atoms with van der Waals surface area (Å²) >= 11 is 0. The molecule has 0 atom stereocenters. The summed E-state index contributed by atoms with van der Waals surface area (Å²) in [4.78, 5) is 27.9. The lowest BCUT2D eigenvalue weighted by Crippen LogP contribution is -2.49. The Labute approximate surface area is 283 Å². The van der Waals surface area contributed by atoms with E-state index in [2.05, 4.69) is 31.0 Å². The van der Waals surface area contributed by atoms with E-state index in [9.17, 15) is 9.59 Å². The zero-order valence-electron chi connectivity index (χ0n) is 28.9. The number of nitrogens with two attached hydrogens (primary N) is 5. The largest absolute Gasteiger partial charge is 0.386 e. The Bertz CT molecular complexity index is 1380. The fourth-order valence-corrected chi connectivity index (χ4v) is 4.09. The zero-order chi connectivity index (χ0) is 35.9. The highest BCUT2D eigenvalue weighted by atomic mass is 16.5. The van der Waals surface area contributed by atoms with Gasteiger partial charge < -0.3 is 44.0 Å². The number of amidine groups is 4. The van der Waals surface area contributed by atoms with Gasteiger partial charge in [-0.25, -0.2) is 0 Å². The highest BCUT2D eigenvalue weighted by Gasteiger charge is 2.28. The SMILES string of the molecule is C/C(N)=N/N=C(\N)c1ccc(CNC(=O)CN(CC(=O)NCc2ccc(/C(N)=N/N=C(/C)N)cc2)CC(C)(C)OCC(C)(C)CN)cc1. The van der Waals surface area contributed by atoms with Crippen molar-refractivity contribution < 1.29 is 14.3 Å². The Morgan fingerprint density at radius 1 is 0.708 bits per heavy atom. The van der Waals surface area contributed by atoms with Gasteiger partial charge in [0.05, 0.1) is 25.3 Å². The topological polar surface area (TPSA) is 250 Å². The van der Waals surface area contributed by atoms with Gasteiger partial charge in [-0.2, -0.15) is 0 Å². The Balaban J connectivity index is 2.06. The molecule has 0 fully saturated rings. The fraction of sp³-hybridized carbons (Fsp3) is 0.455. The van der Waals surface area contributed by atoms with Crippen LogP contribution in [-0.2, 0) is 27.4 Å². The highest BCUT2D eigenvalue weighted by molar-refractivity contribution is 5.98. The molecular formula is C33H52N12O3. The maximum atomic E-state index is 13.1. The van der Waals surface area contributed by atoms with E-state index in [-0.39, 0.29) is 55.1 Å². The normalized spacial score (nSPS) is 13.5. The van der Waals surface area contributed by atoms with Crippen molar-refractivity contribution in [3.8, 4) is 0 Å². The standard InChI is InChI=1S/C33H52N12O3/c1-22(35)41-43-30(37)26-11-7-24(8-12-26)15-39-28(46)17-45(20-33(5,6)48-21-32(3,4)19-34)18-29(47)40-16-25-9-13-27(14-10-25)31(38)44-42-23(2)36/h7-14H,15-21,34H2,1-6H3,(H2,35,41)(H2,36,42)(H2,37,43)(H2,38,44)(H,39,46)(H,40,47). The van der Waals surface area contributed by atoms with E-state index < -0.39 is 5.60 Å². The number of rotatable bonds is 18. The highest BCUT2D eigenvalue weighted by Crippen LogP contribution is 2.19. The number of ether oxygens (including phenoxy) is 1. The van der Waals surface area contributed by atoms with Crippen LogP contribution in [0.15, 0.2) is 68.9 Å². The third-order valence-corrected chi connectivity index (χ3v) is 6.85. The van der Waals surface area contributed by atoms with Crippen LogP contribution in [0.3, 0.4) is 0 Å². The number of nitrogens with one attached hydrogen (secondary N) is 2. The number of hydrogen-bond donors (Lipinski definition) is 7. The van der Waals surface area contributed by atoms with Crippen molar-refractivity contribution in [2.75, 3.05) is 32.8 Å². The predicted molar refractivity (Wildman–Crippen MR) is 192 cm³/mol. The second-order valence-corrected chi connectivity index (χ2v) is 13.0. The minimum atomic E-state index is -0.666. The molecule has 0 unspecified atom stereocenters. The number of amides is 2. The molecule has 0 aromatic heterocycles. The van der Waals surface area contributed by atoms with Crippen LogP contribution in [0, 0.1) is 5.41 Å². The fourth-order valence-electron chi connectivity index (χ4n) is 4.09. The van der Waals surface area contributed by atoms with E-state index in [1.807, 2.05) is 52.0 Å². The van der Waals surface area contributed by atoms with Crippen LogP contribution in [0.2, 0.25) is 0 Å². The van der Waals surface area contributed by atoms with Crippen LogP contribution in [0.5, 0.6) is 0 Å². The third kappa shape index (κ3) is 15.2. The van der Waals surface area contributed by atoms with Gasteiger partial charge in [-0.1, -0.05) is 62.4 Å². The van der Waals surface area contributed by atoms with E-state index in [1.54, 1.807) is 43.0 Å². The number of hydrogen-bond acceptors (Lipinski definition) is 9. The second kappa shape index (κ2) is 18.5. The molecule has 0 saturated carbocycles. The van der Waals surface area contributed by atoms with E-state index in [4.69, 9.17) is 33.4 Å². The average Bonchev–Trinajstić information content (AvgIpc) is 3.03. The first-order valence-corrected chi connectivity index (χ1v) is 15.5. The van der Waals surface area contributed by atoms with Gasteiger partial charge in [0.1, 0.15) is 11.7 Å². The molecule has 0 aliphatic heterocycles. The van der Waals surface area contributed by atoms with Crippen LogP contribution < -0.4 is 39.3 Å². The summed E-state index contributed by atoms with van der Waals surface area (Å²) < 4.78 is 6.20. The summed E-state index contributed by atoms with van der Waals surface area (Å²) in [6, 6.07) is 14.5. The monoisotopic (exact) mass is 664 g/mol. The van der Waals surface area contributed by atoms with E-state index >= 15 is 0 Å². The van der Waals surface area contributed by atoms with Gasteiger partial charge in [0.2, 0.25) is 11.8 Å². The number of carbonyl (C=O) groups is 2. The second-order valence-electron chi connectivity index (χ2n) is 13.0. The lowest BCUT2D eigenvalue weighted by atomic mass is 9.95. The number of carbonyl (C=O) groups excluding carboxylic acids is 2. The van der Waals surface area contributed by atoms with Crippen molar-refractivity contribution in [3.63, 3.8) is 0 Å². The maximum Gasteiger partial charge on any atom is 0.234 e. The lowest BCUT2D eigenvalue weighted by Gasteiger charge is -2.35. The van der Waals surface area contributed by atoms with Crippen molar-refractivity contribution in [2.45, 2.75) is 60.2 Å². The van der Waals surface area contributed by atoms with Crippen LogP contribution in [0.4, 0.5) is 0 Å². The Morgan fingerprint density at radius 3 is 1.46 bits per heavy atom. The molecule has 0 aliphatic rings. The van der Waals surface area contributed by atoms with Crippen molar-refractivity contribution in [3.05, 3.63) is 70.8 Å². The van der Waals surface area contributed by atoms with Gasteiger partial charge in [0.15, 0.2) is 11.7 Å². The average molecular weight is 665 g/mol. The van der Waals surface area contributed by atoms with Crippen LogP contribution in [0.25, 0.3) is 0 Å². The van der Waals surface area contributed by atoms with Gasteiger partial charge in [-0.3, -0.25) is 14.5 Å². The molecule has 0 heterocycles. The van der Waals surface area contributed by atoms with Gasteiger partial charge in [-0.05, 0) is 45.4 Å². The molecule has 48 heavy (non-hydrogen) atoms. The molecule has 2 aromatic carbocycles. The number of benzene rings is 2. The molecule has 12 N–H and O–H groups in total. The first-order valence-electron chi connectivity index (χ1n) is 15.5.